The van der Waals surface area contributed by atoms with Crippen LogP contribution in [0.4, 0.5) is 5.82 Å². The summed E-state index contributed by atoms with van der Waals surface area (Å²) in [6.07, 6.45) is 6.20. The van der Waals surface area contributed by atoms with Crippen LogP contribution in [-0.4, -0.2) is 9.55 Å². The van der Waals surface area contributed by atoms with Gasteiger partial charge in [0.2, 0.25) is 0 Å². The van der Waals surface area contributed by atoms with Gasteiger partial charge in [-0.25, -0.2) is 4.98 Å². The van der Waals surface area contributed by atoms with E-state index in [1.807, 2.05) is 0 Å². The Morgan fingerprint density at radius 1 is 1.33 bits per heavy atom. The van der Waals surface area contributed by atoms with Crippen LogP contribution in [0, 0.1) is 0 Å². The van der Waals surface area contributed by atoms with Crippen LogP contribution in [-0.2, 0) is 13.0 Å². The van der Waals surface area contributed by atoms with Crippen LogP contribution in [0.15, 0.2) is 0 Å². The fourth-order valence-corrected chi connectivity index (χ4v) is 2.66. The number of nitrogens with two attached hydrogens (primary N) is 1. The van der Waals surface area contributed by atoms with E-state index in [1.54, 1.807) is 0 Å². The predicted molar refractivity (Wildman–Crippen MR) is 62.9 cm³/mol. The molecule has 0 atom stereocenters. The molecule has 84 valence electrons. The monoisotopic (exact) mass is 207 g/mol. The molecule has 0 radical (unpaired) electrons. The Hall–Kier alpha value is -0.990. The molecule has 0 saturated heterocycles. The number of imidazole rings is 1. The molecule has 0 aliphatic heterocycles. The van der Waals surface area contributed by atoms with Crippen LogP contribution >= 0.6 is 0 Å². The van der Waals surface area contributed by atoms with Gasteiger partial charge in [-0.3, -0.25) is 0 Å². The molecule has 1 heterocycles. The zero-order valence-corrected chi connectivity index (χ0v) is 9.79. The molecule has 15 heavy (non-hydrogen) atoms. The van der Waals surface area contributed by atoms with Gasteiger partial charge < -0.3 is 10.3 Å². The summed E-state index contributed by atoms with van der Waals surface area (Å²) >= 11 is 0. The Balaban J connectivity index is 2.34. The molecular formula is C12H21N3. The molecule has 0 aromatic carbocycles. The van der Waals surface area contributed by atoms with Gasteiger partial charge in [-0.05, 0) is 19.8 Å². The second-order valence-corrected chi connectivity index (χ2v) is 4.38. The fourth-order valence-electron chi connectivity index (χ4n) is 2.66. The van der Waals surface area contributed by atoms with Crippen molar-refractivity contribution >= 4 is 5.82 Å². The van der Waals surface area contributed by atoms with Gasteiger partial charge in [0.05, 0.1) is 5.69 Å². The first kappa shape index (κ1) is 10.5. The third-order valence-electron chi connectivity index (χ3n) is 3.49. The summed E-state index contributed by atoms with van der Waals surface area (Å²) in [7, 11) is 0. The number of nitrogen functional groups attached to an aromatic ring is 1. The number of hydrogen-bond acceptors (Lipinski definition) is 2. The molecule has 1 fully saturated rings. The van der Waals surface area contributed by atoms with Crippen molar-refractivity contribution in [2.45, 2.75) is 58.4 Å². The number of rotatable bonds is 3. The molecule has 1 aromatic rings. The van der Waals surface area contributed by atoms with Crippen molar-refractivity contribution in [3.63, 3.8) is 0 Å². The zero-order chi connectivity index (χ0) is 10.8. The average Bonchev–Trinajstić information content (AvgIpc) is 2.84. The summed E-state index contributed by atoms with van der Waals surface area (Å²) < 4.78 is 2.16. The molecule has 0 amide bonds. The Morgan fingerprint density at radius 2 is 2.00 bits per heavy atom. The molecule has 1 saturated carbocycles. The zero-order valence-electron chi connectivity index (χ0n) is 9.79. The van der Waals surface area contributed by atoms with E-state index in [2.05, 4.69) is 18.4 Å². The molecule has 1 aromatic heterocycles. The molecule has 3 heteroatoms. The minimum absolute atomic E-state index is 0.628. The largest absolute Gasteiger partial charge is 0.384 e. The highest BCUT2D eigenvalue weighted by Crippen LogP contribution is 2.36. The minimum atomic E-state index is 0.628. The Labute approximate surface area is 91.7 Å². The molecule has 2 rings (SSSR count). The lowest BCUT2D eigenvalue weighted by atomic mass is 10.0. The number of anilines is 1. The Morgan fingerprint density at radius 3 is 2.47 bits per heavy atom. The Kier molecular flexibility index (Phi) is 2.98. The summed E-state index contributed by atoms with van der Waals surface area (Å²) in [5.74, 6) is 2.70. The second-order valence-electron chi connectivity index (χ2n) is 4.38. The van der Waals surface area contributed by atoms with E-state index in [0.29, 0.717) is 5.92 Å². The molecule has 0 bridgehead atoms. The third-order valence-corrected chi connectivity index (χ3v) is 3.49. The van der Waals surface area contributed by atoms with Crippen molar-refractivity contribution in [1.82, 2.24) is 9.55 Å². The van der Waals surface area contributed by atoms with Crippen molar-refractivity contribution < 1.29 is 0 Å². The van der Waals surface area contributed by atoms with Crippen molar-refractivity contribution in [1.29, 1.82) is 0 Å². The van der Waals surface area contributed by atoms with E-state index in [-0.39, 0.29) is 0 Å². The number of aryl methyl sites for hydroxylation is 1. The standard InChI is InChI=1S/C12H21N3/c1-3-10-14-11(9-7-5-6-8-9)12(13)15(10)4-2/h9H,3-8,13H2,1-2H3. The van der Waals surface area contributed by atoms with Gasteiger partial charge >= 0.3 is 0 Å². The maximum atomic E-state index is 6.17. The highest BCUT2D eigenvalue weighted by Gasteiger charge is 2.24. The number of nitrogens with zero attached hydrogens (tertiary/aromatic N) is 2. The quantitative estimate of drug-likeness (QED) is 0.828. The van der Waals surface area contributed by atoms with Crippen LogP contribution in [0.25, 0.3) is 0 Å². The average molecular weight is 207 g/mol. The lowest BCUT2D eigenvalue weighted by Crippen LogP contribution is -2.05. The first-order valence-corrected chi connectivity index (χ1v) is 6.12. The fraction of sp³-hybridized carbons (Fsp3) is 0.750. The van der Waals surface area contributed by atoms with Gasteiger partial charge in [0, 0.05) is 18.9 Å². The molecular weight excluding hydrogens is 186 g/mol. The van der Waals surface area contributed by atoms with E-state index < -0.39 is 0 Å². The van der Waals surface area contributed by atoms with Crippen molar-refractivity contribution in [2.75, 3.05) is 5.73 Å². The smallest absolute Gasteiger partial charge is 0.127 e. The molecule has 0 spiro atoms. The number of hydrogen-bond donors (Lipinski definition) is 1. The summed E-state index contributed by atoms with van der Waals surface area (Å²) in [4.78, 5) is 4.72. The van der Waals surface area contributed by atoms with E-state index in [1.165, 1.54) is 31.4 Å². The lowest BCUT2D eigenvalue weighted by Gasteiger charge is -2.07. The van der Waals surface area contributed by atoms with Crippen molar-refractivity contribution in [3.05, 3.63) is 11.5 Å². The topological polar surface area (TPSA) is 43.8 Å². The van der Waals surface area contributed by atoms with Gasteiger partial charge in [-0.1, -0.05) is 19.8 Å². The van der Waals surface area contributed by atoms with E-state index in [0.717, 1.165) is 24.6 Å². The predicted octanol–water partition coefficient (Wildman–Crippen LogP) is 2.71. The summed E-state index contributed by atoms with van der Waals surface area (Å²) in [5, 5.41) is 0. The van der Waals surface area contributed by atoms with E-state index in [9.17, 15) is 0 Å². The van der Waals surface area contributed by atoms with Crippen LogP contribution < -0.4 is 5.73 Å². The van der Waals surface area contributed by atoms with Gasteiger partial charge in [-0.2, -0.15) is 0 Å². The highest BCUT2D eigenvalue weighted by molar-refractivity contribution is 5.41. The van der Waals surface area contributed by atoms with E-state index in [4.69, 9.17) is 10.7 Å². The van der Waals surface area contributed by atoms with Crippen LogP contribution in [0.3, 0.4) is 0 Å². The number of aromatic nitrogens is 2. The SMILES string of the molecule is CCc1nc(C2CCCC2)c(N)n1CC. The van der Waals surface area contributed by atoms with Gasteiger partial charge in [0.25, 0.3) is 0 Å². The normalized spacial score (nSPS) is 17.5. The van der Waals surface area contributed by atoms with E-state index >= 15 is 0 Å². The molecule has 1 aliphatic carbocycles. The summed E-state index contributed by atoms with van der Waals surface area (Å²) in [6, 6.07) is 0. The van der Waals surface area contributed by atoms with Crippen molar-refractivity contribution in [3.8, 4) is 0 Å². The van der Waals surface area contributed by atoms with Gasteiger partial charge in [-0.15, -0.1) is 0 Å². The molecule has 1 aliphatic rings. The maximum Gasteiger partial charge on any atom is 0.127 e. The van der Waals surface area contributed by atoms with Crippen molar-refractivity contribution in [2.24, 2.45) is 0 Å². The highest BCUT2D eigenvalue weighted by atomic mass is 15.1. The second kappa shape index (κ2) is 4.25. The molecule has 3 nitrogen and oxygen atoms in total. The summed E-state index contributed by atoms with van der Waals surface area (Å²) in [5.41, 5.74) is 7.34. The minimum Gasteiger partial charge on any atom is -0.384 e. The first-order chi connectivity index (χ1) is 7.27. The van der Waals surface area contributed by atoms with Gasteiger partial charge in [0.15, 0.2) is 0 Å². The summed E-state index contributed by atoms with van der Waals surface area (Å²) in [6.45, 7) is 5.22. The Bertz CT molecular complexity index is 335. The molecule has 0 unspecified atom stereocenters. The molecule has 2 N–H and O–H groups in total. The lowest BCUT2D eigenvalue weighted by molar-refractivity contribution is 0.701. The van der Waals surface area contributed by atoms with Crippen LogP contribution in [0.1, 0.15) is 57.0 Å². The first-order valence-electron chi connectivity index (χ1n) is 6.12. The van der Waals surface area contributed by atoms with Crippen LogP contribution in [0.5, 0.6) is 0 Å². The maximum absolute atomic E-state index is 6.17. The third kappa shape index (κ3) is 1.75. The van der Waals surface area contributed by atoms with Crippen LogP contribution in [0.2, 0.25) is 0 Å². The van der Waals surface area contributed by atoms with Gasteiger partial charge in [0.1, 0.15) is 11.6 Å².